The van der Waals surface area contributed by atoms with Crippen molar-refractivity contribution in [2.24, 2.45) is 0 Å². The minimum atomic E-state index is -1.37. The summed E-state index contributed by atoms with van der Waals surface area (Å²) in [4.78, 5) is 10.8. The van der Waals surface area contributed by atoms with E-state index in [4.69, 9.17) is 10.9 Å². The van der Waals surface area contributed by atoms with Gasteiger partial charge < -0.3 is 0 Å². The molecule has 0 aliphatic rings. The fraction of sp³-hybridized carbons (Fsp3) is 0.700. The second kappa shape index (κ2) is 9.03. The van der Waals surface area contributed by atoms with Gasteiger partial charge in [-0.05, 0) is 0 Å². The van der Waals surface area contributed by atoms with Crippen LogP contribution in [0.1, 0.15) is 34.1 Å². The molecule has 0 saturated heterocycles. The molecule has 0 N–H and O–H groups in total. The first-order chi connectivity index (χ1) is 7.10. The molecule has 15 heavy (non-hydrogen) atoms. The molecule has 1 atom stereocenters. The van der Waals surface area contributed by atoms with E-state index < -0.39 is 22.0 Å². The molecule has 0 saturated carbocycles. The van der Waals surface area contributed by atoms with Crippen LogP contribution in [0.3, 0.4) is 0 Å². The maximum atomic E-state index is 10.8. The van der Waals surface area contributed by atoms with E-state index in [1.165, 1.54) is 13.0 Å². The average molecular weight is 321 g/mol. The van der Waals surface area contributed by atoms with Crippen LogP contribution >= 0.6 is 0 Å². The second-order valence-corrected chi connectivity index (χ2v) is 4.76. The number of ketones is 1. The van der Waals surface area contributed by atoms with Crippen LogP contribution in [0.15, 0.2) is 12.0 Å². The number of hydrogen-bond donors (Lipinski definition) is 0. The van der Waals surface area contributed by atoms with E-state index in [2.05, 4.69) is 6.92 Å². The first kappa shape index (κ1) is 14.8. The van der Waals surface area contributed by atoms with Crippen molar-refractivity contribution in [3.63, 3.8) is 0 Å². The summed E-state index contributed by atoms with van der Waals surface area (Å²) >= 11 is -1.37. The van der Waals surface area contributed by atoms with Gasteiger partial charge in [0.2, 0.25) is 0 Å². The Labute approximate surface area is 102 Å². The zero-order valence-corrected chi connectivity index (χ0v) is 12.6. The molecule has 0 amide bonds. The van der Waals surface area contributed by atoms with Crippen molar-refractivity contribution < 1.29 is 15.7 Å². The van der Waals surface area contributed by atoms with Gasteiger partial charge in [-0.2, -0.15) is 0 Å². The summed E-state index contributed by atoms with van der Waals surface area (Å²) in [6.45, 7) is 7.85. The third kappa shape index (κ3) is 8.74. The molecule has 5 heteroatoms. The van der Waals surface area contributed by atoms with Crippen molar-refractivity contribution in [1.29, 1.82) is 0 Å². The number of rotatable bonds is 8. The Morgan fingerprint density at radius 3 is 2.60 bits per heavy atom. The Hall–Kier alpha value is -0.231. The molecule has 2 radical (unpaired) electrons. The summed E-state index contributed by atoms with van der Waals surface area (Å²) in [6.07, 6.45) is 2.53. The third-order valence-corrected chi connectivity index (χ3v) is 3.81. The number of allylic oxidation sites excluding steroid dienone is 1. The van der Waals surface area contributed by atoms with Crippen molar-refractivity contribution in [3.8, 4) is 0 Å². The normalized spacial score (nSPS) is 13.5. The van der Waals surface area contributed by atoms with Crippen molar-refractivity contribution in [3.05, 3.63) is 12.0 Å². The molecule has 0 spiro atoms. The molecule has 1 unspecified atom stereocenters. The van der Waals surface area contributed by atoms with Crippen LogP contribution in [0.5, 0.6) is 0 Å². The molecule has 0 heterocycles. The number of carbonyl (C=O) groups is 1. The fourth-order valence-corrected chi connectivity index (χ4v) is 2.29. The molecule has 86 valence electrons. The standard InChI is InChI=1S/C6H10O3.C4H9O.Sn/c1-3-9-6(8)4-5(2)7;1-3-4(2)5;/h4,8H,3H2,1-2H3;4H,3H2,1-2H3;/q;-1;+2/p-1/b6-4+;;. The number of hydrogen-bond acceptors (Lipinski definition) is 4. The zero-order chi connectivity index (χ0) is 11.7. The maximum absolute atomic E-state index is 10.8. The van der Waals surface area contributed by atoms with E-state index in [1.54, 1.807) is 0 Å². The van der Waals surface area contributed by atoms with Crippen LogP contribution in [0.25, 0.3) is 0 Å². The first-order valence-corrected chi connectivity index (χ1v) is 7.35. The fourth-order valence-electron chi connectivity index (χ4n) is 0.639. The van der Waals surface area contributed by atoms with Crippen molar-refractivity contribution in [2.45, 2.75) is 40.2 Å². The summed E-state index contributed by atoms with van der Waals surface area (Å²) in [6, 6.07) is 0. The van der Waals surface area contributed by atoms with Gasteiger partial charge in [0.25, 0.3) is 0 Å². The van der Waals surface area contributed by atoms with Crippen LogP contribution in [-0.2, 0) is 15.7 Å². The molecular formula is C10H18O4Sn. The van der Waals surface area contributed by atoms with Crippen molar-refractivity contribution in [2.75, 3.05) is 6.61 Å². The third-order valence-electron chi connectivity index (χ3n) is 1.57. The summed E-state index contributed by atoms with van der Waals surface area (Å²) in [5, 5.41) is 0. The zero-order valence-electron chi connectivity index (χ0n) is 9.70. The summed E-state index contributed by atoms with van der Waals surface area (Å²) in [7, 11) is 0. The molecule has 0 rings (SSSR count). The van der Waals surface area contributed by atoms with Crippen LogP contribution in [-0.4, -0.2) is 40.5 Å². The summed E-state index contributed by atoms with van der Waals surface area (Å²) < 4.78 is 15.9. The van der Waals surface area contributed by atoms with Crippen LogP contribution in [0.4, 0.5) is 0 Å². The molecule has 0 aromatic heterocycles. The molecule has 0 aromatic carbocycles. The predicted molar refractivity (Wildman–Crippen MR) is 58.1 cm³/mol. The van der Waals surface area contributed by atoms with E-state index in [0.29, 0.717) is 12.6 Å². The second-order valence-electron chi connectivity index (χ2n) is 3.03. The van der Waals surface area contributed by atoms with Gasteiger partial charge in [0.05, 0.1) is 0 Å². The van der Waals surface area contributed by atoms with Crippen molar-refractivity contribution >= 4 is 27.8 Å². The van der Waals surface area contributed by atoms with E-state index in [1.807, 2.05) is 13.8 Å². The van der Waals surface area contributed by atoms with E-state index in [0.717, 1.165) is 6.42 Å². The minimum absolute atomic E-state index is 0.0821. The molecule has 4 nitrogen and oxygen atoms in total. The van der Waals surface area contributed by atoms with Gasteiger partial charge in [-0.25, -0.2) is 0 Å². The first-order valence-electron chi connectivity index (χ1n) is 5.02. The quantitative estimate of drug-likeness (QED) is 0.389. The van der Waals surface area contributed by atoms with E-state index >= 15 is 0 Å². The van der Waals surface area contributed by atoms with Gasteiger partial charge in [0.15, 0.2) is 0 Å². The molecule has 0 bridgehead atoms. The Kier molecular flexibility index (Phi) is 8.89. The Balaban J connectivity index is 3.91. The van der Waals surface area contributed by atoms with Gasteiger partial charge >= 0.3 is 102 Å². The molecule has 0 aromatic rings. The predicted octanol–water partition coefficient (Wildman–Crippen LogP) is 1.82. The van der Waals surface area contributed by atoms with Crippen LogP contribution in [0, 0.1) is 0 Å². The SMILES string of the molecule is CCO/C(=C/C(C)=O)[O][Sn][O]C(C)CC. The Bertz CT molecular complexity index is 215. The molecule has 0 aliphatic carbocycles. The van der Waals surface area contributed by atoms with Crippen LogP contribution < -0.4 is 0 Å². The van der Waals surface area contributed by atoms with E-state index in [9.17, 15) is 4.79 Å². The molecular weight excluding hydrogens is 303 g/mol. The Morgan fingerprint density at radius 2 is 2.13 bits per heavy atom. The van der Waals surface area contributed by atoms with Gasteiger partial charge in [-0.1, -0.05) is 0 Å². The molecule has 0 fully saturated rings. The topological polar surface area (TPSA) is 44.8 Å². The van der Waals surface area contributed by atoms with Gasteiger partial charge in [0, 0.05) is 0 Å². The van der Waals surface area contributed by atoms with Crippen LogP contribution in [0.2, 0.25) is 0 Å². The summed E-state index contributed by atoms with van der Waals surface area (Å²) in [5.41, 5.74) is 0. The monoisotopic (exact) mass is 322 g/mol. The molecule has 0 aliphatic heterocycles. The van der Waals surface area contributed by atoms with E-state index in [-0.39, 0.29) is 11.9 Å². The van der Waals surface area contributed by atoms with Crippen molar-refractivity contribution in [1.82, 2.24) is 0 Å². The summed E-state index contributed by atoms with van der Waals surface area (Å²) in [5.74, 6) is 0.210. The Morgan fingerprint density at radius 1 is 1.47 bits per heavy atom. The average Bonchev–Trinajstić information content (AvgIpc) is 2.16. The van der Waals surface area contributed by atoms with Gasteiger partial charge in [0.1, 0.15) is 0 Å². The number of carbonyl (C=O) groups excluding carboxylic acids is 1. The van der Waals surface area contributed by atoms with Gasteiger partial charge in [-0.3, -0.25) is 0 Å². The van der Waals surface area contributed by atoms with Gasteiger partial charge in [-0.15, -0.1) is 0 Å². The number of ether oxygens (including phenoxy) is 1.